The van der Waals surface area contributed by atoms with Gasteiger partial charge in [-0.05, 0) is 67.7 Å². The summed E-state index contributed by atoms with van der Waals surface area (Å²) in [6, 6.07) is 0. The number of fused-ring (bicyclic) bond motifs is 5. The van der Waals surface area contributed by atoms with E-state index < -0.39 is 95.7 Å². The molecule has 0 radical (unpaired) electrons. The standard InChI is InChI=1S/C27H38O11.Na/c1-25-7-5-13(28)9-12(25)3-4-14-15-6-8-27(36,26(15,2)10-16(29)18(14)25)17(30)11-37-24-21(33)19(31)20(32)22(38-24)23(34)35;/h9,14-16,18-22,24,29,31-33,36H,3-8,10-11H2,1-2H3,(H,34,35);/q;+1/p-1/t14-,15-,16-,18+,19-,20-,21+,22-,24+,25-,26-,27-;/m0./s1/i10D2,16D,18D;. The first-order valence-electron chi connectivity index (χ1n) is 15.0. The van der Waals surface area contributed by atoms with Crippen LogP contribution in [0.2, 0.25) is 0 Å². The quantitative estimate of drug-likeness (QED) is 0.202. The fourth-order valence-corrected chi connectivity index (χ4v) is 7.54. The molecule has 0 spiro atoms. The number of ether oxygens (including phenoxy) is 2. The van der Waals surface area contributed by atoms with E-state index in [4.69, 9.17) is 13.6 Å². The smallest absolute Gasteiger partial charge is 0.547 e. The van der Waals surface area contributed by atoms with Crippen molar-refractivity contribution in [2.75, 3.05) is 6.61 Å². The van der Waals surface area contributed by atoms with Crippen molar-refractivity contribution in [3.05, 3.63) is 11.6 Å². The van der Waals surface area contributed by atoms with Crippen LogP contribution in [-0.4, -0.2) is 92.1 Å². The van der Waals surface area contributed by atoms with Crippen molar-refractivity contribution in [1.82, 2.24) is 0 Å². The number of carboxylic acids is 1. The van der Waals surface area contributed by atoms with Crippen LogP contribution in [0.4, 0.5) is 0 Å². The molecule has 4 aliphatic carbocycles. The van der Waals surface area contributed by atoms with Crippen LogP contribution in [0, 0.1) is 28.6 Å². The van der Waals surface area contributed by atoms with Gasteiger partial charge in [-0.25, -0.2) is 0 Å². The maximum Gasteiger partial charge on any atom is 1.00 e. The first-order chi connectivity index (χ1) is 19.2. The van der Waals surface area contributed by atoms with Crippen LogP contribution in [0.25, 0.3) is 0 Å². The second-order valence-corrected chi connectivity index (χ2v) is 11.7. The molecule has 3 saturated carbocycles. The van der Waals surface area contributed by atoms with Crippen LogP contribution in [0.5, 0.6) is 0 Å². The third kappa shape index (κ3) is 4.70. The van der Waals surface area contributed by atoms with E-state index in [9.17, 15) is 46.4 Å². The number of ketones is 2. The molecule has 5 rings (SSSR count). The largest absolute Gasteiger partial charge is 1.00 e. The summed E-state index contributed by atoms with van der Waals surface area (Å²) in [5.74, 6) is -6.93. The van der Waals surface area contributed by atoms with Crippen molar-refractivity contribution in [3.8, 4) is 0 Å². The molecule has 0 amide bonds. The molecule has 12 heteroatoms. The fourth-order valence-electron chi connectivity index (χ4n) is 7.54. The maximum atomic E-state index is 13.6. The molecule has 12 atom stereocenters. The van der Waals surface area contributed by atoms with Crippen LogP contribution < -0.4 is 34.7 Å². The number of allylic oxidation sites excluding steroid dienone is 1. The molecule has 4 fully saturated rings. The Labute approximate surface area is 254 Å². The van der Waals surface area contributed by atoms with E-state index in [0.29, 0.717) is 12.0 Å². The van der Waals surface area contributed by atoms with E-state index in [-0.39, 0.29) is 67.4 Å². The minimum absolute atomic E-state index is 0. The number of aliphatic hydroxyl groups excluding tert-OH is 3. The Kier molecular flexibility index (Phi) is 7.21. The van der Waals surface area contributed by atoms with E-state index in [0.717, 1.165) is 0 Å². The number of hydrogen-bond acceptors (Lipinski definition) is 11. The summed E-state index contributed by atoms with van der Waals surface area (Å²) >= 11 is 0. The Bertz CT molecular complexity index is 1230. The molecule has 1 heterocycles. The third-order valence-electron chi connectivity index (χ3n) is 9.78. The zero-order valence-electron chi connectivity index (χ0n) is 26.3. The summed E-state index contributed by atoms with van der Waals surface area (Å²) in [5, 5.41) is 65.1. The molecule has 11 nitrogen and oxygen atoms in total. The summed E-state index contributed by atoms with van der Waals surface area (Å²) in [4.78, 5) is 37.1. The van der Waals surface area contributed by atoms with Crippen LogP contribution in [-0.2, 0) is 23.9 Å². The van der Waals surface area contributed by atoms with E-state index in [1.165, 1.54) is 13.0 Å². The molecule has 0 aromatic rings. The average molecular weight is 565 g/mol. The van der Waals surface area contributed by atoms with Crippen molar-refractivity contribution in [2.45, 2.75) is 101 Å². The van der Waals surface area contributed by atoms with Gasteiger partial charge in [-0.1, -0.05) is 19.4 Å². The number of Topliss-reactive ketones (excluding diaryl/α,β-unsaturated/α-hetero) is 1. The maximum absolute atomic E-state index is 13.6. The minimum Gasteiger partial charge on any atom is -0.547 e. The SMILES string of the molecule is [2H]C1([2H])[C@]([2H])(O)[C@@]2([2H])[C@@H](CCC3=CC(=O)CC[C@@]32C)[C@@H]2CC[C@](O)(C(=O)CO[C@@H]3O[C@H](C(=O)[O-])[C@@H](O)[C@H](O)[C@H]3O)[C@]21C.[Na+]. The molecule has 1 saturated heterocycles. The summed E-state index contributed by atoms with van der Waals surface area (Å²) in [6.07, 6.45) is -14.3. The number of rotatable bonds is 5. The molecule has 0 aromatic heterocycles. The summed E-state index contributed by atoms with van der Waals surface area (Å²) in [6.45, 7) is 1.90. The molecule has 39 heavy (non-hydrogen) atoms. The van der Waals surface area contributed by atoms with Crippen molar-refractivity contribution < 1.29 is 89.5 Å². The van der Waals surface area contributed by atoms with Crippen LogP contribution >= 0.6 is 0 Å². The molecule has 0 unspecified atom stereocenters. The van der Waals surface area contributed by atoms with Gasteiger partial charge in [0.15, 0.2) is 17.9 Å². The molecule has 0 aromatic carbocycles. The van der Waals surface area contributed by atoms with Gasteiger partial charge in [0.25, 0.3) is 0 Å². The topological polar surface area (TPSA) is 194 Å². The van der Waals surface area contributed by atoms with Gasteiger partial charge in [-0.15, -0.1) is 0 Å². The predicted octanol–water partition coefficient (Wildman–Crippen LogP) is -4.63. The van der Waals surface area contributed by atoms with Gasteiger partial charge < -0.3 is 44.9 Å². The van der Waals surface area contributed by atoms with Crippen molar-refractivity contribution in [1.29, 1.82) is 0 Å². The average Bonchev–Trinajstić information content (AvgIpc) is 3.20. The Morgan fingerprint density at radius 1 is 1.15 bits per heavy atom. The van der Waals surface area contributed by atoms with Gasteiger partial charge in [0, 0.05) is 15.9 Å². The van der Waals surface area contributed by atoms with Gasteiger partial charge >= 0.3 is 29.6 Å². The first kappa shape index (κ1) is 25.9. The summed E-state index contributed by atoms with van der Waals surface area (Å²) in [7, 11) is 0. The van der Waals surface area contributed by atoms with Crippen molar-refractivity contribution >= 4 is 17.5 Å². The van der Waals surface area contributed by atoms with Crippen LogP contribution in [0.15, 0.2) is 11.6 Å². The normalized spacial score (nSPS) is 55.7. The third-order valence-corrected chi connectivity index (χ3v) is 9.78. The molecule has 5 aliphatic rings. The number of carbonyl (C=O) groups excluding carboxylic acids is 3. The Morgan fingerprint density at radius 2 is 1.85 bits per heavy atom. The monoisotopic (exact) mass is 564 g/mol. The second kappa shape index (κ2) is 10.8. The molecular weight excluding hydrogens is 523 g/mol. The predicted molar refractivity (Wildman–Crippen MR) is 126 cm³/mol. The molecule has 5 N–H and O–H groups in total. The first-order valence-corrected chi connectivity index (χ1v) is 13.0. The van der Waals surface area contributed by atoms with Gasteiger partial charge in [0.05, 0.1) is 13.4 Å². The molecule has 212 valence electrons. The van der Waals surface area contributed by atoms with Crippen molar-refractivity contribution in [3.63, 3.8) is 0 Å². The van der Waals surface area contributed by atoms with E-state index in [2.05, 4.69) is 0 Å². The van der Waals surface area contributed by atoms with Gasteiger partial charge in [0.1, 0.15) is 36.6 Å². The zero-order valence-corrected chi connectivity index (χ0v) is 24.3. The molecular formula is C27H37NaO11. The fraction of sp³-hybridized carbons (Fsp3) is 0.815. The number of aliphatic carboxylic acids is 1. The second-order valence-electron chi connectivity index (χ2n) is 11.7. The minimum atomic E-state index is -3.14. The Balaban J connectivity index is 0.00000423. The van der Waals surface area contributed by atoms with Gasteiger partial charge in [-0.3, -0.25) is 9.59 Å². The summed E-state index contributed by atoms with van der Waals surface area (Å²) in [5.41, 5.74) is -5.24. The van der Waals surface area contributed by atoms with Crippen LogP contribution in [0.3, 0.4) is 0 Å². The Hall–Kier alpha value is -0.730. The van der Waals surface area contributed by atoms with E-state index in [1.54, 1.807) is 6.92 Å². The van der Waals surface area contributed by atoms with Crippen LogP contribution in [0.1, 0.15) is 64.2 Å². The number of hydrogen-bond donors (Lipinski definition) is 5. The summed E-state index contributed by atoms with van der Waals surface area (Å²) < 4.78 is 47.3. The molecule has 1 aliphatic heterocycles. The Morgan fingerprint density at radius 3 is 2.51 bits per heavy atom. The van der Waals surface area contributed by atoms with Crippen molar-refractivity contribution in [2.24, 2.45) is 28.6 Å². The zero-order chi connectivity index (χ0) is 31.4. The number of carbonyl (C=O) groups is 3. The number of aliphatic hydroxyl groups is 5. The molecule has 0 bridgehead atoms. The number of carboxylic acid groups (broad SMARTS) is 1. The van der Waals surface area contributed by atoms with E-state index >= 15 is 0 Å². The van der Waals surface area contributed by atoms with E-state index in [1.807, 2.05) is 0 Å². The van der Waals surface area contributed by atoms with Gasteiger partial charge in [-0.2, -0.15) is 0 Å². The van der Waals surface area contributed by atoms with Gasteiger partial charge in [0.2, 0.25) is 0 Å².